The number of methoxy groups -OCH3 is 1. The first-order chi connectivity index (χ1) is 8.63. The number of carbonyl (C=O) groups excluding carboxylic acids is 1. The van der Waals surface area contributed by atoms with Crippen molar-refractivity contribution in [1.82, 2.24) is 0 Å². The fraction of sp³-hybridized carbons (Fsp3) is 0.267. The van der Waals surface area contributed by atoms with Gasteiger partial charge in [-0.2, -0.15) is 0 Å². The number of esters is 1. The lowest BCUT2D eigenvalue weighted by Crippen LogP contribution is -1.96. The van der Waals surface area contributed by atoms with E-state index >= 15 is 0 Å². The van der Waals surface area contributed by atoms with Gasteiger partial charge in [0.2, 0.25) is 0 Å². The summed E-state index contributed by atoms with van der Waals surface area (Å²) in [5.74, 6) is -0.266. The van der Waals surface area contributed by atoms with Gasteiger partial charge in [0.15, 0.2) is 0 Å². The molecule has 0 atom stereocenters. The van der Waals surface area contributed by atoms with E-state index in [0.717, 1.165) is 16.5 Å². The minimum atomic E-state index is -0.266. The zero-order valence-electron chi connectivity index (χ0n) is 10.8. The molecule has 2 rings (SSSR count). The number of allylic oxidation sites excluding steroid dienone is 1. The summed E-state index contributed by atoms with van der Waals surface area (Å²) in [6.07, 6.45) is 3.23. The average Bonchev–Trinajstić information content (AvgIpc) is 2.80. The highest BCUT2D eigenvalue weighted by Gasteiger charge is 2.10. The van der Waals surface area contributed by atoms with Gasteiger partial charge in [-0.15, -0.1) is 11.3 Å². The zero-order chi connectivity index (χ0) is 13.1. The van der Waals surface area contributed by atoms with E-state index in [2.05, 4.69) is 38.1 Å². The van der Waals surface area contributed by atoms with Crippen molar-refractivity contribution in [1.29, 1.82) is 0 Å². The van der Waals surface area contributed by atoms with Crippen LogP contribution in [-0.4, -0.2) is 13.1 Å². The van der Waals surface area contributed by atoms with Crippen LogP contribution in [0, 0.1) is 0 Å². The molecule has 1 heterocycles. The van der Waals surface area contributed by atoms with Crippen LogP contribution in [0.1, 0.15) is 35.5 Å². The minimum absolute atomic E-state index is 0.266. The Morgan fingerprint density at radius 2 is 2.17 bits per heavy atom. The molecule has 3 heteroatoms. The van der Waals surface area contributed by atoms with Crippen LogP contribution in [-0.2, 0) is 4.74 Å². The van der Waals surface area contributed by atoms with Crippen LogP contribution in [0.4, 0.5) is 0 Å². The van der Waals surface area contributed by atoms with Gasteiger partial charge in [0.1, 0.15) is 4.88 Å². The molecule has 0 N–H and O–H groups in total. The molecule has 18 heavy (non-hydrogen) atoms. The van der Waals surface area contributed by atoms with Crippen molar-refractivity contribution in [2.75, 3.05) is 7.11 Å². The van der Waals surface area contributed by atoms with Crippen molar-refractivity contribution < 1.29 is 9.53 Å². The molecule has 2 nitrogen and oxygen atoms in total. The maximum absolute atomic E-state index is 11.5. The molecule has 0 aliphatic heterocycles. The molecule has 0 radical (unpaired) electrons. The normalized spacial score (nSPS) is 11.8. The Hall–Kier alpha value is -1.61. The van der Waals surface area contributed by atoms with E-state index in [0.29, 0.717) is 4.88 Å². The van der Waals surface area contributed by atoms with E-state index in [1.165, 1.54) is 29.6 Å². The summed E-state index contributed by atoms with van der Waals surface area (Å²) < 4.78 is 5.85. The van der Waals surface area contributed by atoms with E-state index in [-0.39, 0.29) is 5.97 Å². The van der Waals surface area contributed by atoms with Crippen molar-refractivity contribution in [3.05, 3.63) is 40.3 Å². The van der Waals surface area contributed by atoms with Crippen LogP contribution >= 0.6 is 11.3 Å². The predicted molar refractivity (Wildman–Crippen MR) is 77.1 cm³/mol. The second kappa shape index (κ2) is 5.36. The van der Waals surface area contributed by atoms with Crippen LogP contribution in [0.2, 0.25) is 0 Å². The lowest BCUT2D eigenvalue weighted by molar-refractivity contribution is 0.0606. The van der Waals surface area contributed by atoms with E-state index < -0.39 is 0 Å². The lowest BCUT2D eigenvalue weighted by Gasteiger charge is -1.97. The van der Waals surface area contributed by atoms with Gasteiger partial charge in [-0.3, -0.25) is 0 Å². The molecule has 0 amide bonds. The monoisotopic (exact) mass is 260 g/mol. The van der Waals surface area contributed by atoms with Crippen LogP contribution < -0.4 is 0 Å². The van der Waals surface area contributed by atoms with Gasteiger partial charge in [0.25, 0.3) is 0 Å². The van der Waals surface area contributed by atoms with Gasteiger partial charge >= 0.3 is 5.97 Å². The lowest BCUT2D eigenvalue weighted by atomic mass is 10.1. The summed E-state index contributed by atoms with van der Waals surface area (Å²) in [4.78, 5) is 12.1. The molecule has 0 fully saturated rings. The predicted octanol–water partition coefficient (Wildman–Crippen LogP) is 4.50. The molecular formula is C15H16O2S. The first kappa shape index (κ1) is 12.8. The van der Waals surface area contributed by atoms with Crippen molar-refractivity contribution in [2.45, 2.75) is 20.3 Å². The van der Waals surface area contributed by atoms with Crippen LogP contribution in [0.15, 0.2) is 29.8 Å². The zero-order valence-corrected chi connectivity index (χ0v) is 11.6. The SMILES string of the molecule is CC/C(C)=C/c1ccc2sc(C(=O)OC)cc2c1. The Labute approximate surface area is 111 Å². The Kier molecular flexibility index (Phi) is 3.82. The van der Waals surface area contributed by atoms with Gasteiger partial charge in [-0.1, -0.05) is 24.6 Å². The van der Waals surface area contributed by atoms with Gasteiger partial charge < -0.3 is 4.74 Å². The quantitative estimate of drug-likeness (QED) is 0.759. The second-order valence-corrected chi connectivity index (χ2v) is 5.33. The Bertz CT molecular complexity index is 608. The highest BCUT2D eigenvalue weighted by Crippen LogP contribution is 2.27. The highest BCUT2D eigenvalue weighted by molar-refractivity contribution is 7.20. The van der Waals surface area contributed by atoms with Crippen LogP contribution in [0.5, 0.6) is 0 Å². The average molecular weight is 260 g/mol. The summed E-state index contributed by atoms with van der Waals surface area (Å²) in [6, 6.07) is 8.14. The summed E-state index contributed by atoms with van der Waals surface area (Å²) in [6.45, 7) is 4.27. The van der Waals surface area contributed by atoms with Gasteiger partial charge in [0.05, 0.1) is 7.11 Å². The van der Waals surface area contributed by atoms with Crippen molar-refractivity contribution in [3.63, 3.8) is 0 Å². The molecule has 0 unspecified atom stereocenters. The number of rotatable bonds is 3. The number of fused-ring (bicyclic) bond motifs is 1. The molecule has 1 aromatic heterocycles. The molecule has 0 bridgehead atoms. The maximum atomic E-state index is 11.5. The Morgan fingerprint density at radius 1 is 1.39 bits per heavy atom. The molecule has 0 saturated carbocycles. The third-order valence-corrected chi connectivity index (χ3v) is 3.99. The number of hydrogen-bond acceptors (Lipinski definition) is 3. The Balaban J connectivity index is 2.42. The molecule has 94 valence electrons. The van der Waals surface area contributed by atoms with E-state index in [9.17, 15) is 4.79 Å². The highest BCUT2D eigenvalue weighted by atomic mass is 32.1. The first-order valence-corrected chi connectivity index (χ1v) is 6.74. The summed E-state index contributed by atoms with van der Waals surface area (Å²) in [7, 11) is 1.41. The van der Waals surface area contributed by atoms with Crippen molar-refractivity contribution in [3.8, 4) is 0 Å². The molecule has 0 saturated heterocycles. The second-order valence-electron chi connectivity index (χ2n) is 4.24. The molecule has 0 spiro atoms. The van der Waals surface area contributed by atoms with E-state index in [1.807, 2.05) is 6.07 Å². The number of carbonyl (C=O) groups is 1. The van der Waals surface area contributed by atoms with Gasteiger partial charge in [-0.25, -0.2) is 4.79 Å². The standard InChI is InChI=1S/C15H16O2S/c1-4-10(2)7-11-5-6-13-12(8-11)9-14(18-13)15(16)17-3/h5-9H,4H2,1-3H3/b10-7+. The summed E-state index contributed by atoms with van der Waals surface area (Å²) in [5.41, 5.74) is 2.52. The van der Waals surface area contributed by atoms with Gasteiger partial charge in [-0.05, 0) is 42.5 Å². The Morgan fingerprint density at radius 3 is 2.83 bits per heavy atom. The number of hydrogen-bond donors (Lipinski definition) is 0. The molecule has 0 aliphatic carbocycles. The number of thiophene rings is 1. The third kappa shape index (κ3) is 2.62. The third-order valence-electron chi connectivity index (χ3n) is 2.90. The molecule has 0 aliphatic rings. The number of benzene rings is 1. The summed E-state index contributed by atoms with van der Waals surface area (Å²) >= 11 is 1.47. The largest absolute Gasteiger partial charge is 0.465 e. The fourth-order valence-electron chi connectivity index (χ4n) is 1.74. The first-order valence-electron chi connectivity index (χ1n) is 5.93. The van der Waals surface area contributed by atoms with Crippen molar-refractivity contribution >= 4 is 33.5 Å². The molecule has 1 aromatic carbocycles. The van der Waals surface area contributed by atoms with Gasteiger partial charge in [0, 0.05) is 4.70 Å². The van der Waals surface area contributed by atoms with E-state index in [1.54, 1.807) is 0 Å². The fourth-order valence-corrected chi connectivity index (χ4v) is 2.70. The number of ether oxygens (including phenoxy) is 1. The maximum Gasteiger partial charge on any atom is 0.348 e. The van der Waals surface area contributed by atoms with Crippen LogP contribution in [0.3, 0.4) is 0 Å². The van der Waals surface area contributed by atoms with Crippen LogP contribution in [0.25, 0.3) is 16.2 Å². The van der Waals surface area contributed by atoms with E-state index in [4.69, 9.17) is 4.74 Å². The molecular weight excluding hydrogens is 244 g/mol. The smallest absolute Gasteiger partial charge is 0.348 e. The molecule has 2 aromatic rings. The topological polar surface area (TPSA) is 26.3 Å². The minimum Gasteiger partial charge on any atom is -0.465 e. The summed E-state index contributed by atoms with van der Waals surface area (Å²) in [5, 5.41) is 1.10. The van der Waals surface area contributed by atoms with Crippen molar-refractivity contribution in [2.24, 2.45) is 0 Å².